The van der Waals surface area contributed by atoms with E-state index >= 15 is 0 Å². The number of aromatic nitrogens is 2. The number of unbranched alkanes of at least 4 members (excludes halogenated alkanes) is 4. The van der Waals surface area contributed by atoms with E-state index in [0.29, 0.717) is 4.32 Å². The molecule has 0 bridgehead atoms. The Hall–Kier alpha value is -0.200. The van der Waals surface area contributed by atoms with Crippen molar-refractivity contribution in [2.45, 2.75) is 45.4 Å². The SMILES string of the molecule is CCCCCCCc1nnc(NC(=S)S)s1. The Kier molecular flexibility index (Phi) is 6.91. The van der Waals surface area contributed by atoms with Gasteiger partial charge in [-0.1, -0.05) is 56.2 Å². The summed E-state index contributed by atoms with van der Waals surface area (Å²) >= 11 is 10.4. The van der Waals surface area contributed by atoms with E-state index in [0.717, 1.165) is 16.6 Å². The first-order valence-electron chi connectivity index (χ1n) is 5.54. The Morgan fingerprint density at radius 3 is 2.75 bits per heavy atom. The maximum Gasteiger partial charge on any atom is 0.211 e. The van der Waals surface area contributed by atoms with E-state index in [1.54, 1.807) is 11.3 Å². The highest BCUT2D eigenvalue weighted by Crippen LogP contribution is 2.18. The summed E-state index contributed by atoms with van der Waals surface area (Å²) in [5.74, 6) is 0. The fourth-order valence-electron chi connectivity index (χ4n) is 1.38. The summed E-state index contributed by atoms with van der Waals surface area (Å²) in [5, 5.41) is 12.8. The van der Waals surface area contributed by atoms with Crippen LogP contribution in [0.5, 0.6) is 0 Å². The highest BCUT2D eigenvalue weighted by Gasteiger charge is 2.03. The molecule has 0 saturated heterocycles. The molecule has 0 aliphatic heterocycles. The Balaban J connectivity index is 2.21. The molecule has 0 saturated carbocycles. The van der Waals surface area contributed by atoms with E-state index in [1.165, 1.54) is 32.1 Å². The molecule has 0 spiro atoms. The molecule has 0 unspecified atom stereocenters. The van der Waals surface area contributed by atoms with Crippen LogP contribution in [-0.4, -0.2) is 14.5 Å². The normalized spacial score (nSPS) is 10.4. The van der Waals surface area contributed by atoms with Gasteiger partial charge in [0, 0.05) is 6.42 Å². The van der Waals surface area contributed by atoms with Crippen LogP contribution in [0.3, 0.4) is 0 Å². The number of hydrogen-bond donors (Lipinski definition) is 2. The van der Waals surface area contributed by atoms with Crippen molar-refractivity contribution >= 4 is 45.6 Å². The van der Waals surface area contributed by atoms with E-state index in [1.807, 2.05) is 0 Å². The van der Waals surface area contributed by atoms with Crippen LogP contribution in [-0.2, 0) is 6.42 Å². The average Bonchev–Trinajstić information content (AvgIpc) is 2.64. The number of aryl methyl sites for hydroxylation is 1. The third kappa shape index (κ3) is 5.77. The number of thiocarbonyl (C=S) groups is 1. The maximum absolute atomic E-state index is 4.81. The van der Waals surface area contributed by atoms with Crippen LogP contribution in [0.2, 0.25) is 0 Å². The molecule has 1 aromatic rings. The van der Waals surface area contributed by atoms with E-state index in [-0.39, 0.29) is 0 Å². The van der Waals surface area contributed by atoms with Crippen molar-refractivity contribution in [3.8, 4) is 0 Å². The van der Waals surface area contributed by atoms with Gasteiger partial charge in [0.1, 0.15) is 9.33 Å². The Bertz CT molecular complexity index is 325. The smallest absolute Gasteiger partial charge is 0.211 e. The largest absolute Gasteiger partial charge is 0.316 e. The van der Waals surface area contributed by atoms with Gasteiger partial charge in [0.2, 0.25) is 5.13 Å². The summed E-state index contributed by atoms with van der Waals surface area (Å²) in [6.07, 6.45) is 7.42. The van der Waals surface area contributed by atoms with Crippen molar-refractivity contribution in [3.05, 3.63) is 5.01 Å². The van der Waals surface area contributed by atoms with Gasteiger partial charge in [0.15, 0.2) is 0 Å². The van der Waals surface area contributed by atoms with Crippen molar-refractivity contribution in [1.29, 1.82) is 0 Å². The van der Waals surface area contributed by atoms with E-state index < -0.39 is 0 Å². The topological polar surface area (TPSA) is 37.8 Å². The van der Waals surface area contributed by atoms with Gasteiger partial charge in [-0.05, 0) is 6.42 Å². The van der Waals surface area contributed by atoms with Gasteiger partial charge in [0.05, 0.1) is 0 Å². The number of nitrogens with zero attached hydrogens (tertiary/aromatic N) is 2. The minimum Gasteiger partial charge on any atom is -0.316 e. The van der Waals surface area contributed by atoms with Crippen molar-refractivity contribution in [3.63, 3.8) is 0 Å². The van der Waals surface area contributed by atoms with Crippen LogP contribution in [0.25, 0.3) is 0 Å². The predicted molar refractivity (Wildman–Crippen MR) is 77.6 cm³/mol. The molecule has 0 amide bonds. The molecule has 90 valence electrons. The highest BCUT2D eigenvalue weighted by molar-refractivity contribution is 8.11. The van der Waals surface area contributed by atoms with Crippen molar-refractivity contribution in [2.24, 2.45) is 0 Å². The number of rotatable bonds is 7. The molecule has 0 fully saturated rings. The second kappa shape index (κ2) is 7.97. The Morgan fingerprint density at radius 2 is 2.06 bits per heavy atom. The van der Waals surface area contributed by atoms with E-state index in [9.17, 15) is 0 Å². The Morgan fingerprint density at radius 1 is 1.31 bits per heavy atom. The van der Waals surface area contributed by atoms with Crippen LogP contribution in [0.4, 0.5) is 5.13 Å². The molecule has 1 rings (SSSR count). The fraction of sp³-hybridized carbons (Fsp3) is 0.700. The molecule has 1 heterocycles. The molecular weight excluding hydrogens is 258 g/mol. The van der Waals surface area contributed by atoms with Crippen molar-refractivity contribution in [2.75, 3.05) is 5.32 Å². The number of hydrogen-bond acceptors (Lipinski definition) is 4. The van der Waals surface area contributed by atoms with Crippen molar-refractivity contribution < 1.29 is 0 Å². The monoisotopic (exact) mass is 275 g/mol. The van der Waals surface area contributed by atoms with E-state index in [4.69, 9.17) is 12.2 Å². The summed E-state index contributed by atoms with van der Waals surface area (Å²) in [7, 11) is 0. The maximum atomic E-state index is 4.81. The first kappa shape index (κ1) is 13.9. The molecule has 6 heteroatoms. The van der Waals surface area contributed by atoms with Crippen LogP contribution in [0.1, 0.15) is 44.0 Å². The molecule has 16 heavy (non-hydrogen) atoms. The minimum atomic E-state index is 0.436. The quantitative estimate of drug-likeness (QED) is 0.452. The van der Waals surface area contributed by atoms with Crippen LogP contribution < -0.4 is 5.32 Å². The first-order chi connectivity index (χ1) is 7.72. The lowest BCUT2D eigenvalue weighted by molar-refractivity contribution is 0.630. The lowest BCUT2D eigenvalue weighted by atomic mass is 10.1. The fourth-order valence-corrected chi connectivity index (χ4v) is 2.51. The summed E-state index contributed by atoms with van der Waals surface area (Å²) < 4.78 is 0.436. The summed E-state index contributed by atoms with van der Waals surface area (Å²) in [5.41, 5.74) is 0. The van der Waals surface area contributed by atoms with Crippen LogP contribution in [0.15, 0.2) is 0 Å². The molecule has 1 N–H and O–H groups in total. The van der Waals surface area contributed by atoms with Gasteiger partial charge >= 0.3 is 0 Å². The summed E-state index contributed by atoms with van der Waals surface area (Å²) in [4.78, 5) is 0. The molecule has 0 atom stereocenters. The zero-order valence-electron chi connectivity index (χ0n) is 9.40. The molecule has 3 nitrogen and oxygen atoms in total. The van der Waals surface area contributed by atoms with Gasteiger partial charge in [-0.25, -0.2) is 0 Å². The lowest BCUT2D eigenvalue weighted by Gasteiger charge is -1.96. The summed E-state index contributed by atoms with van der Waals surface area (Å²) in [6, 6.07) is 0. The predicted octanol–water partition coefficient (Wildman–Crippen LogP) is 3.68. The van der Waals surface area contributed by atoms with Gasteiger partial charge in [-0.2, -0.15) is 0 Å². The second-order valence-electron chi connectivity index (χ2n) is 3.60. The van der Waals surface area contributed by atoms with Gasteiger partial charge in [-0.3, -0.25) is 0 Å². The van der Waals surface area contributed by atoms with Crippen LogP contribution >= 0.6 is 36.2 Å². The number of thiol groups is 1. The molecule has 0 radical (unpaired) electrons. The molecule has 0 aromatic carbocycles. The zero-order valence-corrected chi connectivity index (χ0v) is 11.9. The average molecular weight is 275 g/mol. The molecular formula is C10H17N3S3. The second-order valence-corrected chi connectivity index (χ2v) is 5.82. The third-order valence-corrected chi connectivity index (χ3v) is 3.29. The molecule has 0 aliphatic rings. The minimum absolute atomic E-state index is 0.436. The van der Waals surface area contributed by atoms with Crippen molar-refractivity contribution in [1.82, 2.24) is 10.2 Å². The molecule has 0 aliphatic carbocycles. The van der Waals surface area contributed by atoms with Crippen LogP contribution in [0, 0.1) is 0 Å². The lowest BCUT2D eigenvalue weighted by Crippen LogP contribution is -1.99. The van der Waals surface area contributed by atoms with Gasteiger partial charge in [-0.15, -0.1) is 22.8 Å². The molecule has 1 aromatic heterocycles. The Labute approximate surface area is 111 Å². The third-order valence-electron chi connectivity index (χ3n) is 2.17. The highest BCUT2D eigenvalue weighted by atomic mass is 32.1. The first-order valence-corrected chi connectivity index (χ1v) is 7.22. The van der Waals surface area contributed by atoms with E-state index in [2.05, 4.69) is 35.1 Å². The number of anilines is 1. The van der Waals surface area contributed by atoms with Gasteiger partial charge < -0.3 is 5.32 Å². The zero-order chi connectivity index (χ0) is 11.8. The standard InChI is InChI=1S/C10H17N3S3/c1-2-3-4-5-6-7-8-12-13-9(16-8)11-10(14)15/h2-7H2,1H3,(H2,11,13,14,15). The van der Waals surface area contributed by atoms with Gasteiger partial charge in [0.25, 0.3) is 0 Å². The summed E-state index contributed by atoms with van der Waals surface area (Å²) in [6.45, 7) is 2.23. The number of nitrogens with one attached hydrogen (secondary N) is 1.